The minimum atomic E-state index is -0.514. The van der Waals surface area contributed by atoms with E-state index in [0.717, 1.165) is 19.3 Å². The van der Waals surface area contributed by atoms with E-state index >= 15 is 0 Å². The molecule has 0 spiro atoms. The Morgan fingerprint density at radius 1 is 1.67 bits per heavy atom. The molecular weight excluding hydrogens is 192 g/mol. The van der Waals surface area contributed by atoms with Crippen LogP contribution in [0.25, 0.3) is 0 Å². The minimum absolute atomic E-state index is 0.166. The highest BCUT2D eigenvalue weighted by molar-refractivity contribution is 5.80. The number of amides is 1. The number of aliphatic hydroxyl groups is 1. The van der Waals surface area contributed by atoms with Crippen LogP contribution in [-0.2, 0) is 4.79 Å². The Balaban J connectivity index is 2.20. The summed E-state index contributed by atoms with van der Waals surface area (Å²) < 4.78 is 0. The van der Waals surface area contributed by atoms with Crippen molar-refractivity contribution in [3.05, 3.63) is 0 Å². The van der Waals surface area contributed by atoms with Crippen molar-refractivity contribution in [2.45, 2.75) is 38.7 Å². The van der Waals surface area contributed by atoms with Gasteiger partial charge in [0.15, 0.2) is 0 Å². The smallest absolute Gasteiger partial charge is 0.237 e. The molecule has 0 aromatic heterocycles. The van der Waals surface area contributed by atoms with Gasteiger partial charge in [0.25, 0.3) is 0 Å². The minimum Gasteiger partial charge on any atom is -0.393 e. The highest BCUT2D eigenvalue weighted by Gasteiger charge is 2.28. The molecule has 1 rings (SSSR count). The molecule has 15 heavy (non-hydrogen) atoms. The summed E-state index contributed by atoms with van der Waals surface area (Å²) in [6.07, 6.45) is 2.81. The van der Waals surface area contributed by atoms with E-state index in [2.05, 4.69) is 5.32 Å². The Labute approximate surface area is 90.3 Å². The van der Waals surface area contributed by atoms with Crippen LogP contribution in [0.2, 0.25) is 0 Å². The van der Waals surface area contributed by atoms with Gasteiger partial charge in [0.05, 0.1) is 12.2 Å². The van der Waals surface area contributed by atoms with Gasteiger partial charge in [0, 0.05) is 6.54 Å². The topological polar surface area (TPSA) is 73.1 Å². The molecule has 0 aromatic rings. The third kappa shape index (κ3) is 3.52. The van der Waals surface area contributed by atoms with Crippen molar-refractivity contribution in [3.8, 4) is 6.07 Å². The first kappa shape index (κ1) is 12.0. The van der Waals surface area contributed by atoms with Crippen LogP contribution in [0, 0.1) is 23.2 Å². The molecule has 1 unspecified atom stereocenters. The van der Waals surface area contributed by atoms with Gasteiger partial charge in [-0.2, -0.15) is 5.26 Å². The van der Waals surface area contributed by atoms with Gasteiger partial charge in [0.1, 0.15) is 5.92 Å². The van der Waals surface area contributed by atoms with Crippen molar-refractivity contribution < 1.29 is 9.90 Å². The lowest BCUT2D eigenvalue weighted by Crippen LogP contribution is -2.40. The fraction of sp³-hybridized carbons (Fsp3) is 0.818. The number of nitrogens with zero attached hydrogens (tertiary/aromatic N) is 1. The molecule has 0 aromatic carbocycles. The summed E-state index contributed by atoms with van der Waals surface area (Å²) in [5, 5.41) is 20.6. The summed E-state index contributed by atoms with van der Waals surface area (Å²) in [5.74, 6) is -0.286. The average molecular weight is 210 g/mol. The number of nitriles is 1. The van der Waals surface area contributed by atoms with E-state index in [1.165, 1.54) is 0 Å². The molecule has 1 fully saturated rings. The van der Waals surface area contributed by atoms with E-state index < -0.39 is 5.92 Å². The molecule has 1 aliphatic carbocycles. The third-order valence-corrected chi connectivity index (χ3v) is 2.83. The first-order valence-corrected chi connectivity index (χ1v) is 5.52. The second kappa shape index (κ2) is 5.72. The summed E-state index contributed by atoms with van der Waals surface area (Å²) in [7, 11) is 0. The average Bonchev–Trinajstić information content (AvgIpc) is 2.18. The molecule has 1 amide bonds. The lowest BCUT2D eigenvalue weighted by molar-refractivity contribution is -0.124. The van der Waals surface area contributed by atoms with Gasteiger partial charge in [-0.15, -0.1) is 0 Å². The number of nitrogens with one attached hydrogen (secondary N) is 1. The Morgan fingerprint density at radius 3 is 2.80 bits per heavy atom. The lowest BCUT2D eigenvalue weighted by atomic mass is 9.82. The Kier molecular flexibility index (Phi) is 4.57. The molecule has 0 aliphatic heterocycles. The SMILES string of the molecule is CCCC(C#N)C(=O)NCC1CC(O)C1. The van der Waals surface area contributed by atoms with Gasteiger partial charge in [0.2, 0.25) is 5.91 Å². The standard InChI is InChI=1S/C11H18N2O2/c1-2-3-9(6-12)11(15)13-7-8-4-10(14)5-8/h8-10,14H,2-5,7H2,1H3,(H,13,15). The number of hydrogen-bond donors (Lipinski definition) is 2. The fourth-order valence-electron chi connectivity index (χ4n) is 1.78. The van der Waals surface area contributed by atoms with Crippen LogP contribution in [0.4, 0.5) is 0 Å². The zero-order valence-corrected chi connectivity index (χ0v) is 9.07. The number of rotatable bonds is 5. The largest absolute Gasteiger partial charge is 0.393 e. The Bertz CT molecular complexity index is 254. The number of aliphatic hydroxyl groups excluding tert-OH is 1. The zero-order chi connectivity index (χ0) is 11.3. The molecule has 4 heteroatoms. The van der Waals surface area contributed by atoms with Crippen LogP contribution >= 0.6 is 0 Å². The van der Waals surface area contributed by atoms with E-state index in [-0.39, 0.29) is 12.0 Å². The second-order valence-corrected chi connectivity index (χ2v) is 4.21. The van der Waals surface area contributed by atoms with Crippen molar-refractivity contribution in [1.82, 2.24) is 5.32 Å². The summed E-state index contributed by atoms with van der Waals surface area (Å²) >= 11 is 0. The van der Waals surface area contributed by atoms with E-state index in [1.54, 1.807) is 0 Å². The molecular formula is C11H18N2O2. The van der Waals surface area contributed by atoms with Crippen LogP contribution in [0.5, 0.6) is 0 Å². The van der Waals surface area contributed by atoms with Crippen molar-refractivity contribution in [2.24, 2.45) is 11.8 Å². The molecule has 0 radical (unpaired) electrons. The predicted molar refractivity (Wildman–Crippen MR) is 55.8 cm³/mol. The third-order valence-electron chi connectivity index (χ3n) is 2.83. The van der Waals surface area contributed by atoms with Gasteiger partial charge in [-0.1, -0.05) is 13.3 Å². The maximum Gasteiger partial charge on any atom is 0.237 e. The van der Waals surface area contributed by atoms with Crippen LogP contribution in [0.15, 0.2) is 0 Å². The maximum atomic E-state index is 11.5. The highest BCUT2D eigenvalue weighted by atomic mass is 16.3. The van der Waals surface area contributed by atoms with E-state index in [4.69, 9.17) is 10.4 Å². The van der Waals surface area contributed by atoms with E-state index in [1.807, 2.05) is 13.0 Å². The van der Waals surface area contributed by atoms with Crippen LogP contribution in [0.3, 0.4) is 0 Å². The molecule has 1 saturated carbocycles. The maximum absolute atomic E-state index is 11.5. The van der Waals surface area contributed by atoms with Crippen LogP contribution in [0.1, 0.15) is 32.6 Å². The van der Waals surface area contributed by atoms with Crippen molar-refractivity contribution in [3.63, 3.8) is 0 Å². The lowest BCUT2D eigenvalue weighted by Gasteiger charge is -2.31. The predicted octanol–water partition coefficient (Wildman–Crippen LogP) is 0.813. The van der Waals surface area contributed by atoms with Crippen LogP contribution < -0.4 is 5.32 Å². The summed E-state index contributed by atoms with van der Waals surface area (Å²) in [5.41, 5.74) is 0. The van der Waals surface area contributed by atoms with Crippen molar-refractivity contribution in [1.29, 1.82) is 5.26 Å². The molecule has 0 saturated heterocycles. The Morgan fingerprint density at radius 2 is 2.33 bits per heavy atom. The second-order valence-electron chi connectivity index (χ2n) is 4.21. The zero-order valence-electron chi connectivity index (χ0n) is 9.07. The molecule has 84 valence electrons. The first-order chi connectivity index (χ1) is 7.17. The monoisotopic (exact) mass is 210 g/mol. The van der Waals surface area contributed by atoms with Gasteiger partial charge in [-0.3, -0.25) is 4.79 Å². The quantitative estimate of drug-likeness (QED) is 0.705. The van der Waals surface area contributed by atoms with Crippen molar-refractivity contribution >= 4 is 5.91 Å². The molecule has 0 heterocycles. The summed E-state index contributed by atoms with van der Waals surface area (Å²) in [6.45, 7) is 2.55. The highest BCUT2D eigenvalue weighted by Crippen LogP contribution is 2.26. The van der Waals surface area contributed by atoms with Gasteiger partial charge in [-0.25, -0.2) is 0 Å². The normalized spacial score (nSPS) is 26.2. The van der Waals surface area contributed by atoms with Crippen molar-refractivity contribution in [2.75, 3.05) is 6.54 Å². The fourth-order valence-corrected chi connectivity index (χ4v) is 1.78. The summed E-state index contributed by atoms with van der Waals surface area (Å²) in [4.78, 5) is 11.5. The van der Waals surface area contributed by atoms with Crippen LogP contribution in [-0.4, -0.2) is 23.7 Å². The molecule has 0 bridgehead atoms. The van der Waals surface area contributed by atoms with Gasteiger partial charge >= 0.3 is 0 Å². The van der Waals surface area contributed by atoms with Gasteiger partial charge in [-0.05, 0) is 25.2 Å². The molecule has 2 N–H and O–H groups in total. The first-order valence-electron chi connectivity index (χ1n) is 5.52. The Hall–Kier alpha value is -1.08. The van der Waals surface area contributed by atoms with E-state index in [0.29, 0.717) is 18.9 Å². The number of carbonyl (C=O) groups excluding carboxylic acids is 1. The molecule has 4 nitrogen and oxygen atoms in total. The van der Waals surface area contributed by atoms with E-state index in [9.17, 15) is 4.79 Å². The summed E-state index contributed by atoms with van der Waals surface area (Å²) in [6, 6.07) is 2.01. The number of carbonyl (C=O) groups is 1. The molecule has 1 aliphatic rings. The molecule has 1 atom stereocenters. The van der Waals surface area contributed by atoms with Gasteiger partial charge < -0.3 is 10.4 Å². The number of hydrogen-bond acceptors (Lipinski definition) is 3.